The van der Waals surface area contributed by atoms with Gasteiger partial charge in [-0.15, -0.1) is 0 Å². The second-order valence-corrected chi connectivity index (χ2v) is 19.7. The number of rotatable bonds is 6. The molecule has 15 nitrogen and oxygen atoms in total. The summed E-state index contributed by atoms with van der Waals surface area (Å²) in [5.41, 5.74) is 1.20. The molecular formula is C51H79NO14. The molecule has 0 aromatic heterocycles. The average molecular weight is 930 g/mol. The molecule has 3 aliphatic heterocycles. The summed E-state index contributed by atoms with van der Waals surface area (Å²) >= 11 is 0. The molecule has 1 amide bonds. The second-order valence-electron chi connectivity index (χ2n) is 19.7. The topological polar surface area (TPSA) is 216 Å². The Hall–Kier alpha value is -3.41. The molecule has 0 aromatic carbocycles. The molecule has 372 valence electrons. The van der Waals surface area contributed by atoms with Crippen LogP contribution in [0.1, 0.15) is 126 Å². The van der Waals surface area contributed by atoms with Gasteiger partial charge in [-0.3, -0.25) is 24.1 Å². The highest BCUT2D eigenvalue weighted by molar-refractivity contribution is 6.39. The van der Waals surface area contributed by atoms with Crippen LogP contribution in [0.5, 0.6) is 0 Å². The molecule has 4 rings (SSSR count). The highest BCUT2D eigenvalue weighted by Gasteiger charge is 2.54. The predicted octanol–water partition coefficient (Wildman–Crippen LogP) is 5.50. The first-order valence-electron chi connectivity index (χ1n) is 24.0. The summed E-state index contributed by atoms with van der Waals surface area (Å²) in [6.07, 6.45) is 7.90. The van der Waals surface area contributed by atoms with E-state index in [1.807, 2.05) is 51.2 Å². The number of aliphatic hydroxyl groups excluding tert-OH is 3. The molecule has 4 aliphatic rings. The van der Waals surface area contributed by atoms with Crippen molar-refractivity contribution >= 4 is 29.2 Å². The van der Waals surface area contributed by atoms with Gasteiger partial charge in [0.25, 0.3) is 11.7 Å². The monoisotopic (exact) mass is 930 g/mol. The number of cyclic esters (lactones) is 1. The number of ether oxygens (including phenoxy) is 5. The van der Waals surface area contributed by atoms with Gasteiger partial charge >= 0.3 is 5.97 Å². The lowest BCUT2D eigenvalue weighted by atomic mass is 9.78. The molecule has 1 aliphatic carbocycles. The highest BCUT2D eigenvalue weighted by atomic mass is 16.6. The summed E-state index contributed by atoms with van der Waals surface area (Å²) in [6, 6.07) is -1.41. The maximum atomic E-state index is 14.4. The molecule has 1 saturated carbocycles. The van der Waals surface area contributed by atoms with Crippen LogP contribution in [0.15, 0.2) is 47.6 Å². The number of amides is 1. The Kier molecular flexibility index (Phi) is 21.1. The van der Waals surface area contributed by atoms with Gasteiger partial charge in [0.1, 0.15) is 36.4 Å². The van der Waals surface area contributed by atoms with Crippen LogP contribution >= 0.6 is 0 Å². The minimum atomic E-state index is -2.55. The largest absolute Gasteiger partial charge is 0.460 e. The van der Waals surface area contributed by atoms with Crippen LogP contribution in [0, 0.1) is 35.5 Å². The number of methoxy groups -OCH3 is 3. The third-order valence-electron chi connectivity index (χ3n) is 14.5. The van der Waals surface area contributed by atoms with E-state index >= 15 is 0 Å². The maximum absolute atomic E-state index is 14.4. The first-order valence-corrected chi connectivity index (χ1v) is 24.0. The Labute approximate surface area is 392 Å². The minimum absolute atomic E-state index is 0.00381. The molecule has 16 atom stereocenters. The number of Topliss-reactive ketones (excluding diaryl/α,β-unsaturated/α-hetero) is 3. The van der Waals surface area contributed by atoms with Gasteiger partial charge in [-0.1, -0.05) is 71.1 Å². The number of hydrogen-bond acceptors (Lipinski definition) is 14. The van der Waals surface area contributed by atoms with E-state index in [0.717, 1.165) is 10.5 Å². The molecule has 0 radical (unpaired) electrons. The quantitative estimate of drug-likeness (QED) is 0.147. The number of piperidine rings is 1. The van der Waals surface area contributed by atoms with Crippen LogP contribution in [-0.2, 0) is 47.7 Å². The normalized spacial score (nSPS) is 41.1. The summed E-state index contributed by atoms with van der Waals surface area (Å²) in [7, 11) is 4.46. The van der Waals surface area contributed by atoms with E-state index in [9.17, 15) is 44.4 Å². The van der Waals surface area contributed by atoms with Crippen LogP contribution in [-0.4, -0.2) is 137 Å². The summed E-state index contributed by atoms with van der Waals surface area (Å²) in [5, 5.41) is 45.1. The summed E-state index contributed by atoms with van der Waals surface area (Å²) in [5.74, 6) is -9.01. The van der Waals surface area contributed by atoms with Crippen LogP contribution in [0.2, 0.25) is 0 Å². The van der Waals surface area contributed by atoms with Gasteiger partial charge in [-0.05, 0) is 107 Å². The Morgan fingerprint density at radius 2 is 1.55 bits per heavy atom. The summed E-state index contributed by atoms with van der Waals surface area (Å²) < 4.78 is 29.2. The van der Waals surface area contributed by atoms with Crippen molar-refractivity contribution in [2.75, 3.05) is 21.3 Å². The first-order chi connectivity index (χ1) is 31.2. The number of nitrogens with zero attached hydrogens (tertiary/aromatic N) is 1. The Morgan fingerprint density at radius 1 is 0.833 bits per heavy atom. The number of esters is 1. The molecule has 3 heterocycles. The molecule has 66 heavy (non-hydrogen) atoms. The van der Waals surface area contributed by atoms with Crippen LogP contribution in [0.25, 0.3) is 0 Å². The van der Waals surface area contributed by atoms with Crippen molar-refractivity contribution in [3.8, 4) is 0 Å². The molecule has 15 heteroatoms. The van der Waals surface area contributed by atoms with Gasteiger partial charge in [0, 0.05) is 51.9 Å². The molecule has 0 aromatic rings. The second kappa shape index (κ2) is 25.3. The number of fused-ring (bicyclic) bond motifs is 3. The van der Waals surface area contributed by atoms with Crippen molar-refractivity contribution in [3.05, 3.63) is 47.6 Å². The fraction of sp³-hybridized carbons (Fsp3) is 0.745. The summed E-state index contributed by atoms with van der Waals surface area (Å²) in [6.45, 7) is 12.4. The van der Waals surface area contributed by atoms with Gasteiger partial charge < -0.3 is 44.1 Å². The van der Waals surface area contributed by atoms with Crippen LogP contribution in [0.3, 0.4) is 0 Å². The zero-order valence-corrected chi connectivity index (χ0v) is 40.9. The van der Waals surface area contributed by atoms with Crippen molar-refractivity contribution in [1.29, 1.82) is 0 Å². The lowest BCUT2D eigenvalue weighted by Gasteiger charge is -2.43. The molecule has 4 N–H and O–H groups in total. The molecule has 2 saturated heterocycles. The Balaban J connectivity index is 1.73. The maximum Gasteiger partial charge on any atom is 0.329 e. The van der Waals surface area contributed by atoms with Gasteiger partial charge in [0.2, 0.25) is 5.79 Å². The molecule has 0 spiro atoms. The van der Waals surface area contributed by atoms with E-state index < -0.39 is 96.0 Å². The lowest BCUT2D eigenvalue weighted by Crippen LogP contribution is -2.62. The van der Waals surface area contributed by atoms with Gasteiger partial charge in [0.05, 0.1) is 24.4 Å². The van der Waals surface area contributed by atoms with Crippen LogP contribution < -0.4 is 0 Å². The fourth-order valence-corrected chi connectivity index (χ4v) is 10.2. The van der Waals surface area contributed by atoms with E-state index in [0.29, 0.717) is 56.9 Å². The number of ketones is 3. The SMILES string of the molecule is CO[C@H]1C[C@@H]2CC[C@@H](C)[C@@](O)(O2)C(=O)C(=O)N2C(O)CCC[C@H]2C(=O)O[C@H]([C@H](C)C[C@@H]2CC[C@@H](O)[C@H](OC)C2)CC(=O)[C@H](C)/C=C(\C)[C@@H](O)[C@@H](OC)C(=O)[C@H](C)C[C@H](C)/C=C/C=C/C=C/1C. The first kappa shape index (κ1) is 55.2. The zero-order chi connectivity index (χ0) is 49.0. The van der Waals surface area contributed by atoms with E-state index in [4.69, 9.17) is 23.7 Å². The number of carbonyl (C=O) groups is 5. The van der Waals surface area contributed by atoms with Crippen molar-refractivity contribution in [1.82, 2.24) is 4.90 Å². The number of aliphatic hydroxyl groups is 4. The number of allylic oxidation sites excluding steroid dienone is 6. The minimum Gasteiger partial charge on any atom is -0.460 e. The molecule has 2 bridgehead atoms. The summed E-state index contributed by atoms with van der Waals surface area (Å²) in [4.78, 5) is 71.5. The fourth-order valence-electron chi connectivity index (χ4n) is 10.2. The van der Waals surface area contributed by atoms with E-state index in [1.54, 1.807) is 48.0 Å². The van der Waals surface area contributed by atoms with Crippen molar-refractivity contribution < 1.29 is 68.1 Å². The van der Waals surface area contributed by atoms with Gasteiger partial charge in [-0.25, -0.2) is 4.79 Å². The van der Waals surface area contributed by atoms with Crippen molar-refractivity contribution in [2.45, 2.75) is 186 Å². The number of carbonyl (C=O) groups excluding carboxylic acids is 5. The standard InChI is InChI=1S/C51H79NO14/c1-29-15-12-11-13-16-30(2)41(62-8)27-37-21-19-35(7)51(61,66-37)48(58)49(59)52-38(17-14-18-44(52)55)50(60)65-42(32(4)25-36-20-22-39(53)43(26-36)63-9)28-40(54)31(3)24-34(6)46(57)47(64-10)45(56)33(5)23-29/h11-13,15-16,24,29,31-33,35-39,41-44,46-47,53,55,57,61H,14,17-23,25-28H2,1-10H3/b13-11+,15-12+,30-16+,34-24+/t29-,31-,32-,33-,35-,36+,37+,38+,39-,41+,42+,43-,44?,46-,47+,51-/m1/s1. The zero-order valence-electron chi connectivity index (χ0n) is 40.9. The van der Waals surface area contributed by atoms with Gasteiger partial charge in [0.15, 0.2) is 5.78 Å². The predicted molar refractivity (Wildman–Crippen MR) is 246 cm³/mol. The Bertz CT molecular complexity index is 1790. The lowest BCUT2D eigenvalue weighted by molar-refractivity contribution is -0.266. The highest BCUT2D eigenvalue weighted by Crippen LogP contribution is 2.38. The average Bonchev–Trinajstić information content (AvgIpc) is 3.28. The Morgan fingerprint density at radius 3 is 2.21 bits per heavy atom. The van der Waals surface area contributed by atoms with E-state index in [2.05, 4.69) is 0 Å². The van der Waals surface area contributed by atoms with E-state index in [-0.39, 0.29) is 55.2 Å². The third kappa shape index (κ3) is 14.1. The van der Waals surface area contributed by atoms with Crippen LogP contribution in [0.4, 0.5) is 0 Å². The van der Waals surface area contributed by atoms with Crippen molar-refractivity contribution in [3.63, 3.8) is 0 Å². The molecule has 3 fully saturated rings. The smallest absolute Gasteiger partial charge is 0.329 e. The molecule has 1 unspecified atom stereocenters. The van der Waals surface area contributed by atoms with Gasteiger partial charge in [-0.2, -0.15) is 0 Å². The third-order valence-corrected chi connectivity index (χ3v) is 14.5. The van der Waals surface area contributed by atoms with Crippen molar-refractivity contribution in [2.24, 2.45) is 35.5 Å². The molecular weight excluding hydrogens is 851 g/mol. The number of hydrogen-bond donors (Lipinski definition) is 4. The van der Waals surface area contributed by atoms with E-state index in [1.165, 1.54) is 7.11 Å².